The Hall–Kier alpha value is -2.89. The second kappa shape index (κ2) is 8.00. The summed E-state index contributed by atoms with van der Waals surface area (Å²) < 4.78 is 5.25. The highest BCUT2D eigenvalue weighted by Crippen LogP contribution is 2.28. The van der Waals surface area contributed by atoms with Gasteiger partial charge in [-0.3, -0.25) is 4.79 Å². The van der Waals surface area contributed by atoms with Crippen LogP contribution in [0.25, 0.3) is 0 Å². The number of hydrogen-bond donors (Lipinski definition) is 1. The van der Waals surface area contributed by atoms with Crippen molar-refractivity contribution in [3.05, 3.63) is 48.0 Å². The number of ether oxygens (including phenoxy) is 1. The summed E-state index contributed by atoms with van der Waals surface area (Å²) in [7, 11) is 1.68. The number of likely N-dealkylation sites (tertiary alicyclic amines) is 1. The largest absolute Gasteiger partial charge is 0.497 e. The average molecular weight is 380 g/mol. The van der Waals surface area contributed by atoms with Crippen molar-refractivity contribution < 1.29 is 9.53 Å². The molecule has 2 saturated heterocycles. The molecule has 2 aromatic rings. The Morgan fingerprint density at radius 1 is 0.893 bits per heavy atom. The maximum Gasteiger partial charge on any atom is 0.256 e. The molecule has 148 valence electrons. The summed E-state index contributed by atoms with van der Waals surface area (Å²) >= 11 is 0. The Balaban J connectivity index is 1.48. The van der Waals surface area contributed by atoms with Crippen LogP contribution in [0.3, 0.4) is 0 Å². The summed E-state index contributed by atoms with van der Waals surface area (Å²) in [6, 6.07) is 13.9. The highest BCUT2D eigenvalue weighted by Gasteiger charge is 2.26. The van der Waals surface area contributed by atoms with E-state index in [-0.39, 0.29) is 5.91 Å². The predicted octanol–water partition coefficient (Wildman–Crippen LogP) is 2.84. The third kappa shape index (κ3) is 3.72. The van der Waals surface area contributed by atoms with Gasteiger partial charge in [-0.05, 0) is 55.3 Å². The minimum Gasteiger partial charge on any atom is -0.497 e. The number of nitrogens with zero attached hydrogens (tertiary/aromatic N) is 3. The van der Waals surface area contributed by atoms with E-state index in [1.54, 1.807) is 7.11 Å². The fraction of sp³-hybridized carbons (Fsp3) is 0.409. The van der Waals surface area contributed by atoms with Crippen LogP contribution in [0.5, 0.6) is 5.75 Å². The van der Waals surface area contributed by atoms with E-state index in [4.69, 9.17) is 10.5 Å². The lowest BCUT2D eigenvalue weighted by Crippen LogP contribution is -2.47. The van der Waals surface area contributed by atoms with Crippen molar-refractivity contribution in [3.63, 3.8) is 0 Å². The highest BCUT2D eigenvalue weighted by molar-refractivity contribution is 6.01. The first kappa shape index (κ1) is 18.5. The highest BCUT2D eigenvalue weighted by atomic mass is 16.5. The number of benzene rings is 2. The van der Waals surface area contributed by atoms with E-state index in [0.29, 0.717) is 5.69 Å². The molecule has 0 spiro atoms. The second-order valence-electron chi connectivity index (χ2n) is 7.45. The van der Waals surface area contributed by atoms with Crippen molar-refractivity contribution in [1.29, 1.82) is 0 Å². The van der Waals surface area contributed by atoms with Crippen LogP contribution in [0.15, 0.2) is 42.5 Å². The van der Waals surface area contributed by atoms with E-state index in [0.717, 1.165) is 69.1 Å². The third-order valence-corrected chi connectivity index (χ3v) is 5.70. The van der Waals surface area contributed by atoms with Crippen LogP contribution in [-0.2, 0) is 0 Å². The smallest absolute Gasteiger partial charge is 0.256 e. The molecule has 2 aliphatic rings. The van der Waals surface area contributed by atoms with Gasteiger partial charge in [-0.2, -0.15) is 0 Å². The molecule has 0 bridgehead atoms. The Labute approximate surface area is 166 Å². The zero-order valence-electron chi connectivity index (χ0n) is 16.4. The van der Waals surface area contributed by atoms with Crippen LogP contribution in [0.2, 0.25) is 0 Å². The molecular formula is C22H28N4O2. The first-order chi connectivity index (χ1) is 13.7. The first-order valence-electron chi connectivity index (χ1n) is 9.98. The second-order valence-corrected chi connectivity index (χ2v) is 7.45. The molecule has 4 rings (SSSR count). The molecule has 6 nitrogen and oxygen atoms in total. The van der Waals surface area contributed by atoms with Crippen LogP contribution in [0, 0.1) is 0 Å². The van der Waals surface area contributed by atoms with Crippen molar-refractivity contribution in [1.82, 2.24) is 4.90 Å². The number of piperazine rings is 1. The number of anilines is 3. The van der Waals surface area contributed by atoms with Gasteiger partial charge in [0.05, 0.1) is 12.7 Å². The van der Waals surface area contributed by atoms with Gasteiger partial charge in [-0.1, -0.05) is 0 Å². The number of rotatable bonds is 4. The minimum atomic E-state index is 0.109. The third-order valence-electron chi connectivity index (χ3n) is 5.70. The molecule has 28 heavy (non-hydrogen) atoms. The molecule has 2 aromatic carbocycles. The van der Waals surface area contributed by atoms with Crippen molar-refractivity contribution in [2.45, 2.75) is 12.8 Å². The Bertz CT molecular complexity index is 823. The fourth-order valence-corrected chi connectivity index (χ4v) is 4.09. The number of methoxy groups -OCH3 is 1. The molecule has 6 heteroatoms. The molecular weight excluding hydrogens is 352 g/mol. The van der Waals surface area contributed by atoms with Crippen molar-refractivity contribution in [2.24, 2.45) is 0 Å². The van der Waals surface area contributed by atoms with Gasteiger partial charge >= 0.3 is 0 Å². The maximum absolute atomic E-state index is 13.0. The summed E-state index contributed by atoms with van der Waals surface area (Å²) in [5, 5.41) is 0. The zero-order valence-corrected chi connectivity index (χ0v) is 16.4. The molecule has 0 saturated carbocycles. The van der Waals surface area contributed by atoms with Gasteiger partial charge in [-0.25, -0.2) is 0 Å². The Kier molecular flexibility index (Phi) is 5.28. The summed E-state index contributed by atoms with van der Waals surface area (Å²) in [6.45, 7) is 5.26. The summed E-state index contributed by atoms with van der Waals surface area (Å²) in [5.74, 6) is 0.978. The summed E-state index contributed by atoms with van der Waals surface area (Å²) in [6.07, 6.45) is 2.17. The van der Waals surface area contributed by atoms with Gasteiger partial charge in [0.2, 0.25) is 0 Å². The molecule has 0 aliphatic carbocycles. The van der Waals surface area contributed by atoms with Crippen LogP contribution in [-0.4, -0.2) is 57.2 Å². The molecule has 1 amide bonds. The Morgan fingerprint density at radius 3 is 2.18 bits per heavy atom. The lowest BCUT2D eigenvalue weighted by Gasteiger charge is -2.38. The molecule has 0 atom stereocenters. The van der Waals surface area contributed by atoms with Gasteiger partial charge < -0.3 is 25.2 Å². The van der Waals surface area contributed by atoms with E-state index in [1.807, 2.05) is 35.2 Å². The van der Waals surface area contributed by atoms with E-state index in [1.165, 1.54) is 5.69 Å². The quantitative estimate of drug-likeness (QED) is 0.827. The normalized spacial score (nSPS) is 17.1. The number of carbonyl (C=O) groups excluding carboxylic acids is 1. The lowest BCUT2D eigenvalue weighted by atomic mass is 10.1. The first-order valence-corrected chi connectivity index (χ1v) is 9.98. The van der Waals surface area contributed by atoms with Gasteiger partial charge in [-0.15, -0.1) is 0 Å². The van der Waals surface area contributed by atoms with E-state index in [9.17, 15) is 4.79 Å². The number of amides is 1. The maximum atomic E-state index is 13.0. The molecule has 2 N–H and O–H groups in total. The van der Waals surface area contributed by atoms with Crippen LogP contribution >= 0.6 is 0 Å². The summed E-state index contributed by atoms with van der Waals surface area (Å²) in [4.78, 5) is 19.7. The number of carbonyl (C=O) groups is 1. The predicted molar refractivity (Wildman–Crippen MR) is 113 cm³/mol. The molecule has 2 heterocycles. The molecule has 0 aromatic heterocycles. The lowest BCUT2D eigenvalue weighted by molar-refractivity contribution is 0.0793. The number of nitrogen functional groups attached to an aromatic ring is 1. The van der Waals surface area contributed by atoms with E-state index >= 15 is 0 Å². The minimum absolute atomic E-state index is 0.109. The standard InChI is InChI=1S/C22H28N4O2/c1-28-19-7-5-18(6-8-19)24-12-14-25(15-13-24)21-9-4-17(23)16-20(21)22(27)26-10-2-3-11-26/h4-9,16H,2-3,10-15,23H2,1H3. The Morgan fingerprint density at radius 2 is 1.54 bits per heavy atom. The average Bonchev–Trinajstić information content (AvgIpc) is 3.28. The molecule has 0 unspecified atom stereocenters. The van der Waals surface area contributed by atoms with Crippen LogP contribution < -0.4 is 20.3 Å². The SMILES string of the molecule is COc1ccc(N2CCN(c3ccc(N)cc3C(=O)N3CCCC3)CC2)cc1. The monoisotopic (exact) mass is 380 g/mol. The van der Waals surface area contributed by atoms with Crippen molar-refractivity contribution in [3.8, 4) is 5.75 Å². The number of nitrogens with two attached hydrogens (primary N) is 1. The van der Waals surface area contributed by atoms with E-state index < -0.39 is 0 Å². The van der Waals surface area contributed by atoms with Gasteiger partial charge in [0, 0.05) is 56.3 Å². The van der Waals surface area contributed by atoms with Gasteiger partial charge in [0.15, 0.2) is 0 Å². The van der Waals surface area contributed by atoms with Crippen LogP contribution in [0.1, 0.15) is 23.2 Å². The molecule has 0 radical (unpaired) electrons. The van der Waals surface area contributed by atoms with Gasteiger partial charge in [0.1, 0.15) is 5.75 Å². The van der Waals surface area contributed by atoms with E-state index in [2.05, 4.69) is 21.9 Å². The van der Waals surface area contributed by atoms with Crippen molar-refractivity contribution >= 4 is 23.0 Å². The van der Waals surface area contributed by atoms with Crippen molar-refractivity contribution in [2.75, 3.05) is 61.9 Å². The topological polar surface area (TPSA) is 62.0 Å². The van der Waals surface area contributed by atoms with Gasteiger partial charge in [0.25, 0.3) is 5.91 Å². The fourth-order valence-electron chi connectivity index (χ4n) is 4.09. The number of hydrogen-bond acceptors (Lipinski definition) is 5. The molecule has 2 aliphatic heterocycles. The zero-order chi connectivity index (χ0) is 19.5. The van der Waals surface area contributed by atoms with Crippen LogP contribution in [0.4, 0.5) is 17.1 Å². The summed E-state index contributed by atoms with van der Waals surface area (Å²) in [5.41, 5.74) is 9.59. The molecule has 2 fully saturated rings.